The van der Waals surface area contributed by atoms with Crippen LogP contribution in [0, 0.1) is 0 Å². The van der Waals surface area contributed by atoms with E-state index in [1.165, 1.54) is 12.8 Å². The minimum atomic E-state index is 0.416. The van der Waals surface area contributed by atoms with Crippen molar-refractivity contribution in [2.75, 3.05) is 0 Å². The monoisotopic (exact) mass is 218 g/mol. The van der Waals surface area contributed by atoms with Gasteiger partial charge >= 0.3 is 0 Å². The highest BCUT2D eigenvalue weighted by atomic mass is 15.2. The third kappa shape index (κ3) is 1.83. The molecule has 0 saturated carbocycles. The van der Waals surface area contributed by atoms with Gasteiger partial charge in [-0.15, -0.1) is 0 Å². The van der Waals surface area contributed by atoms with E-state index in [0.717, 1.165) is 25.1 Å². The SMILES string of the molecule is NC1CC2CCC(C1)N2Cc1ccncn1. The van der Waals surface area contributed by atoms with Crippen molar-refractivity contribution < 1.29 is 0 Å². The van der Waals surface area contributed by atoms with Gasteiger partial charge in [-0.25, -0.2) is 9.97 Å². The normalized spacial score (nSPS) is 34.2. The molecule has 0 aromatic carbocycles. The van der Waals surface area contributed by atoms with Crippen LogP contribution in [0.4, 0.5) is 0 Å². The minimum absolute atomic E-state index is 0.416. The Bertz CT molecular complexity index is 339. The van der Waals surface area contributed by atoms with Gasteiger partial charge < -0.3 is 5.73 Å². The topological polar surface area (TPSA) is 55.0 Å². The fraction of sp³-hybridized carbons (Fsp3) is 0.667. The van der Waals surface area contributed by atoms with E-state index in [2.05, 4.69) is 14.9 Å². The quantitative estimate of drug-likeness (QED) is 0.802. The largest absolute Gasteiger partial charge is 0.328 e. The van der Waals surface area contributed by atoms with E-state index in [1.807, 2.05) is 12.3 Å². The zero-order valence-electron chi connectivity index (χ0n) is 9.42. The summed E-state index contributed by atoms with van der Waals surface area (Å²) in [4.78, 5) is 10.8. The molecular weight excluding hydrogens is 200 g/mol. The average molecular weight is 218 g/mol. The summed E-state index contributed by atoms with van der Waals surface area (Å²) in [6.07, 6.45) is 8.38. The minimum Gasteiger partial charge on any atom is -0.328 e. The molecule has 86 valence electrons. The highest BCUT2D eigenvalue weighted by Gasteiger charge is 2.39. The van der Waals surface area contributed by atoms with Crippen molar-refractivity contribution in [2.24, 2.45) is 5.73 Å². The zero-order valence-corrected chi connectivity index (χ0v) is 9.42. The summed E-state index contributed by atoms with van der Waals surface area (Å²) < 4.78 is 0. The lowest BCUT2D eigenvalue weighted by atomic mass is 9.98. The second-order valence-electron chi connectivity index (χ2n) is 4.99. The molecule has 0 spiro atoms. The molecule has 16 heavy (non-hydrogen) atoms. The van der Waals surface area contributed by atoms with Crippen LogP contribution in [0.2, 0.25) is 0 Å². The smallest absolute Gasteiger partial charge is 0.115 e. The number of nitrogens with two attached hydrogens (primary N) is 1. The van der Waals surface area contributed by atoms with Crippen LogP contribution in [0.15, 0.2) is 18.6 Å². The Hall–Kier alpha value is -1.00. The molecular formula is C12H18N4. The van der Waals surface area contributed by atoms with Gasteiger partial charge in [0.1, 0.15) is 6.33 Å². The highest BCUT2D eigenvalue weighted by molar-refractivity contribution is 5.03. The maximum Gasteiger partial charge on any atom is 0.115 e. The van der Waals surface area contributed by atoms with Gasteiger partial charge in [0.2, 0.25) is 0 Å². The first kappa shape index (κ1) is 10.2. The van der Waals surface area contributed by atoms with E-state index in [-0.39, 0.29) is 0 Å². The first-order valence-corrected chi connectivity index (χ1v) is 6.09. The van der Waals surface area contributed by atoms with Gasteiger partial charge in [0.25, 0.3) is 0 Å². The standard InChI is InChI=1S/C12H18N4/c13-9-5-11-1-2-12(6-9)16(11)7-10-3-4-14-8-15-10/h3-4,8-9,11-12H,1-2,5-7,13H2. The van der Waals surface area contributed by atoms with Crippen molar-refractivity contribution in [1.29, 1.82) is 0 Å². The van der Waals surface area contributed by atoms with E-state index in [0.29, 0.717) is 18.1 Å². The third-order valence-electron chi connectivity index (χ3n) is 3.91. The van der Waals surface area contributed by atoms with E-state index < -0.39 is 0 Å². The summed E-state index contributed by atoms with van der Waals surface area (Å²) >= 11 is 0. The van der Waals surface area contributed by atoms with Crippen molar-refractivity contribution in [3.8, 4) is 0 Å². The fourth-order valence-electron chi connectivity index (χ4n) is 3.17. The molecule has 3 rings (SSSR count). The first-order chi connectivity index (χ1) is 7.83. The molecule has 2 saturated heterocycles. The summed E-state index contributed by atoms with van der Waals surface area (Å²) in [5.74, 6) is 0. The second-order valence-corrected chi connectivity index (χ2v) is 4.99. The Morgan fingerprint density at radius 2 is 2.06 bits per heavy atom. The third-order valence-corrected chi connectivity index (χ3v) is 3.91. The summed E-state index contributed by atoms with van der Waals surface area (Å²) in [5, 5.41) is 0. The summed E-state index contributed by atoms with van der Waals surface area (Å²) in [7, 11) is 0. The van der Waals surface area contributed by atoms with Crippen molar-refractivity contribution in [1.82, 2.24) is 14.9 Å². The molecule has 2 atom stereocenters. The van der Waals surface area contributed by atoms with Crippen molar-refractivity contribution >= 4 is 0 Å². The molecule has 2 unspecified atom stereocenters. The Labute approximate surface area is 95.9 Å². The zero-order chi connectivity index (χ0) is 11.0. The molecule has 4 heteroatoms. The molecule has 0 radical (unpaired) electrons. The van der Waals surface area contributed by atoms with Gasteiger partial charge in [-0.1, -0.05) is 0 Å². The van der Waals surface area contributed by atoms with Crippen molar-refractivity contribution in [2.45, 2.75) is 50.4 Å². The van der Waals surface area contributed by atoms with E-state index >= 15 is 0 Å². The molecule has 3 heterocycles. The van der Waals surface area contributed by atoms with Gasteiger partial charge in [-0.3, -0.25) is 4.90 Å². The van der Waals surface area contributed by atoms with E-state index in [1.54, 1.807) is 6.33 Å². The molecule has 2 bridgehead atoms. The molecule has 1 aromatic rings. The van der Waals surface area contributed by atoms with Gasteiger partial charge in [0.15, 0.2) is 0 Å². The molecule has 2 aliphatic heterocycles. The van der Waals surface area contributed by atoms with Gasteiger partial charge in [0, 0.05) is 30.9 Å². The van der Waals surface area contributed by atoms with E-state index in [9.17, 15) is 0 Å². The fourth-order valence-corrected chi connectivity index (χ4v) is 3.17. The predicted molar refractivity (Wildman–Crippen MR) is 61.6 cm³/mol. The van der Waals surface area contributed by atoms with Crippen LogP contribution in [-0.4, -0.2) is 33.0 Å². The molecule has 2 fully saturated rings. The number of nitrogens with zero attached hydrogens (tertiary/aromatic N) is 3. The number of hydrogen-bond donors (Lipinski definition) is 1. The van der Waals surface area contributed by atoms with Crippen LogP contribution < -0.4 is 5.73 Å². The Morgan fingerprint density at radius 3 is 2.69 bits per heavy atom. The van der Waals surface area contributed by atoms with Crippen LogP contribution in [-0.2, 0) is 6.54 Å². The summed E-state index contributed by atoms with van der Waals surface area (Å²) in [6.45, 7) is 0.963. The predicted octanol–water partition coefficient (Wildman–Crippen LogP) is 0.931. The molecule has 1 aromatic heterocycles. The number of piperidine rings is 1. The second kappa shape index (κ2) is 4.11. The van der Waals surface area contributed by atoms with Crippen LogP contribution in [0.1, 0.15) is 31.4 Å². The highest BCUT2D eigenvalue weighted by Crippen LogP contribution is 2.35. The number of rotatable bonds is 2. The molecule has 0 aliphatic carbocycles. The van der Waals surface area contributed by atoms with E-state index in [4.69, 9.17) is 5.73 Å². The number of hydrogen-bond acceptors (Lipinski definition) is 4. The van der Waals surface area contributed by atoms with Crippen molar-refractivity contribution in [3.05, 3.63) is 24.3 Å². The molecule has 2 aliphatic rings. The molecule has 0 amide bonds. The lowest BCUT2D eigenvalue weighted by molar-refractivity contribution is 0.118. The van der Waals surface area contributed by atoms with Crippen LogP contribution in [0.5, 0.6) is 0 Å². The molecule has 4 nitrogen and oxygen atoms in total. The van der Waals surface area contributed by atoms with Gasteiger partial charge in [0.05, 0.1) is 5.69 Å². The molecule has 2 N–H and O–H groups in total. The Balaban J connectivity index is 1.72. The lowest BCUT2D eigenvalue weighted by Crippen LogP contribution is -2.46. The Kier molecular flexibility index (Phi) is 2.61. The maximum atomic E-state index is 6.06. The van der Waals surface area contributed by atoms with Gasteiger partial charge in [-0.05, 0) is 31.7 Å². The number of aromatic nitrogens is 2. The first-order valence-electron chi connectivity index (χ1n) is 6.09. The van der Waals surface area contributed by atoms with Gasteiger partial charge in [-0.2, -0.15) is 0 Å². The lowest BCUT2D eigenvalue weighted by Gasteiger charge is -2.37. The average Bonchev–Trinajstić information content (AvgIpc) is 2.54. The Morgan fingerprint density at radius 1 is 1.31 bits per heavy atom. The van der Waals surface area contributed by atoms with Crippen molar-refractivity contribution in [3.63, 3.8) is 0 Å². The van der Waals surface area contributed by atoms with Crippen LogP contribution in [0.3, 0.4) is 0 Å². The summed E-state index contributed by atoms with van der Waals surface area (Å²) in [6, 6.07) is 3.79. The van der Waals surface area contributed by atoms with Crippen LogP contribution in [0.25, 0.3) is 0 Å². The number of fused-ring (bicyclic) bond motifs is 2. The summed E-state index contributed by atoms with van der Waals surface area (Å²) in [5.41, 5.74) is 7.19. The maximum absolute atomic E-state index is 6.06. The van der Waals surface area contributed by atoms with Crippen LogP contribution >= 0.6 is 0 Å².